The monoisotopic (exact) mass is 271 g/mol. The van der Waals surface area contributed by atoms with Crippen molar-refractivity contribution in [1.82, 2.24) is 10.2 Å². The minimum absolute atomic E-state index is 0.0217. The number of likely N-dealkylation sites (N-methyl/N-ethyl adjacent to an activating group) is 1. The van der Waals surface area contributed by atoms with Crippen molar-refractivity contribution in [3.63, 3.8) is 0 Å². The average Bonchev–Trinajstić information content (AvgIpc) is 2.62. The maximum absolute atomic E-state index is 12.5. The summed E-state index contributed by atoms with van der Waals surface area (Å²) in [5.74, 6) is -0.0217. The zero-order valence-corrected chi connectivity index (χ0v) is 10.1. The molecule has 0 spiro atoms. The number of urea groups is 1. The number of rotatable bonds is 2. The lowest BCUT2D eigenvalue weighted by Crippen LogP contribution is -2.29. The standard InChI is InChI=1S/C12H12F3N3O/c1-2-18-9(10(16)17-11(18)19)7-3-5-8(6-4-7)12(13,14)15/h3-6,9H,2H2,1H3,(H2,16,17,19). The number of amides is 2. The SMILES string of the molecule is CCN1C(=O)NC(=N)C1c1ccc(C(F)(F)F)cc1. The van der Waals surface area contributed by atoms with Crippen LogP contribution in [0, 0.1) is 5.41 Å². The van der Waals surface area contributed by atoms with E-state index in [4.69, 9.17) is 5.41 Å². The Hall–Kier alpha value is -2.05. The van der Waals surface area contributed by atoms with Gasteiger partial charge in [-0.2, -0.15) is 13.2 Å². The summed E-state index contributed by atoms with van der Waals surface area (Å²) in [5.41, 5.74) is -0.263. The molecule has 7 heteroatoms. The summed E-state index contributed by atoms with van der Waals surface area (Å²) in [6.45, 7) is 2.12. The van der Waals surface area contributed by atoms with Crippen molar-refractivity contribution in [2.24, 2.45) is 0 Å². The van der Waals surface area contributed by atoms with Gasteiger partial charge in [-0.15, -0.1) is 0 Å². The summed E-state index contributed by atoms with van der Waals surface area (Å²) in [6.07, 6.45) is -4.39. The van der Waals surface area contributed by atoms with Crippen LogP contribution in [-0.2, 0) is 6.18 Å². The summed E-state index contributed by atoms with van der Waals surface area (Å²) < 4.78 is 37.4. The van der Waals surface area contributed by atoms with E-state index in [0.29, 0.717) is 12.1 Å². The van der Waals surface area contributed by atoms with E-state index in [2.05, 4.69) is 5.32 Å². The number of nitrogens with one attached hydrogen (secondary N) is 2. The minimum atomic E-state index is -4.39. The van der Waals surface area contributed by atoms with E-state index in [1.165, 1.54) is 17.0 Å². The summed E-state index contributed by atoms with van der Waals surface area (Å²) in [5, 5.41) is 10.0. The number of benzene rings is 1. The van der Waals surface area contributed by atoms with Crippen LogP contribution in [0.25, 0.3) is 0 Å². The molecule has 1 aliphatic rings. The molecule has 2 rings (SSSR count). The Bertz CT molecular complexity index is 510. The second kappa shape index (κ2) is 4.56. The van der Waals surface area contributed by atoms with E-state index >= 15 is 0 Å². The van der Waals surface area contributed by atoms with Gasteiger partial charge in [-0.1, -0.05) is 12.1 Å². The van der Waals surface area contributed by atoms with Crippen LogP contribution in [0.2, 0.25) is 0 Å². The molecule has 1 atom stereocenters. The van der Waals surface area contributed by atoms with Crippen LogP contribution in [0.1, 0.15) is 24.1 Å². The third-order valence-electron chi connectivity index (χ3n) is 2.98. The zero-order chi connectivity index (χ0) is 14.2. The van der Waals surface area contributed by atoms with Crippen molar-refractivity contribution in [2.45, 2.75) is 19.1 Å². The summed E-state index contributed by atoms with van der Waals surface area (Å²) in [6, 6.07) is 3.46. The molecular formula is C12H12F3N3O. The number of alkyl halides is 3. The van der Waals surface area contributed by atoms with Crippen LogP contribution in [0.4, 0.5) is 18.0 Å². The number of amidine groups is 1. The van der Waals surface area contributed by atoms with E-state index in [1.807, 2.05) is 0 Å². The first-order valence-corrected chi connectivity index (χ1v) is 5.67. The number of nitrogens with zero attached hydrogens (tertiary/aromatic N) is 1. The van der Waals surface area contributed by atoms with Crippen LogP contribution in [0.15, 0.2) is 24.3 Å². The van der Waals surface area contributed by atoms with E-state index < -0.39 is 23.8 Å². The molecule has 1 unspecified atom stereocenters. The molecular weight excluding hydrogens is 259 g/mol. The molecule has 0 aliphatic carbocycles. The minimum Gasteiger partial charge on any atom is -0.310 e. The molecule has 1 aliphatic heterocycles. The first kappa shape index (κ1) is 13.4. The molecule has 1 aromatic rings. The molecule has 4 nitrogen and oxygen atoms in total. The number of carbonyl (C=O) groups is 1. The molecule has 0 radical (unpaired) electrons. The van der Waals surface area contributed by atoms with Gasteiger partial charge in [-0.3, -0.25) is 10.7 Å². The van der Waals surface area contributed by atoms with Gasteiger partial charge in [0.05, 0.1) is 5.56 Å². The van der Waals surface area contributed by atoms with Gasteiger partial charge < -0.3 is 4.90 Å². The van der Waals surface area contributed by atoms with Crippen molar-refractivity contribution < 1.29 is 18.0 Å². The third kappa shape index (κ3) is 2.40. The largest absolute Gasteiger partial charge is 0.416 e. The predicted molar refractivity (Wildman–Crippen MR) is 62.8 cm³/mol. The quantitative estimate of drug-likeness (QED) is 0.853. The van der Waals surface area contributed by atoms with Gasteiger partial charge in [0.1, 0.15) is 11.9 Å². The lowest BCUT2D eigenvalue weighted by atomic mass is 10.0. The Balaban J connectivity index is 2.32. The van der Waals surface area contributed by atoms with Crippen LogP contribution >= 0.6 is 0 Å². The van der Waals surface area contributed by atoms with Gasteiger partial charge in [0.25, 0.3) is 0 Å². The fraction of sp³-hybridized carbons (Fsp3) is 0.333. The van der Waals surface area contributed by atoms with Crippen LogP contribution in [0.5, 0.6) is 0 Å². The summed E-state index contributed by atoms with van der Waals surface area (Å²) in [7, 11) is 0. The van der Waals surface area contributed by atoms with Gasteiger partial charge in [-0.05, 0) is 24.6 Å². The number of carbonyl (C=O) groups excluding carboxylic acids is 1. The van der Waals surface area contributed by atoms with Gasteiger partial charge in [0, 0.05) is 6.54 Å². The smallest absolute Gasteiger partial charge is 0.310 e. The third-order valence-corrected chi connectivity index (χ3v) is 2.98. The van der Waals surface area contributed by atoms with E-state index in [-0.39, 0.29) is 5.84 Å². The molecule has 1 heterocycles. The fourth-order valence-corrected chi connectivity index (χ4v) is 2.06. The van der Waals surface area contributed by atoms with Crippen molar-refractivity contribution in [1.29, 1.82) is 5.41 Å². The van der Waals surface area contributed by atoms with Crippen LogP contribution < -0.4 is 5.32 Å². The molecule has 1 fully saturated rings. The molecule has 1 saturated heterocycles. The molecule has 0 bridgehead atoms. The lowest BCUT2D eigenvalue weighted by molar-refractivity contribution is -0.137. The normalized spacial score (nSPS) is 19.8. The maximum Gasteiger partial charge on any atom is 0.416 e. The van der Waals surface area contributed by atoms with Crippen molar-refractivity contribution in [3.8, 4) is 0 Å². The fourth-order valence-electron chi connectivity index (χ4n) is 2.06. The number of hydrogen-bond acceptors (Lipinski definition) is 2. The van der Waals surface area contributed by atoms with Crippen molar-refractivity contribution in [2.75, 3.05) is 6.54 Å². The van der Waals surface area contributed by atoms with Crippen molar-refractivity contribution >= 4 is 11.9 Å². The van der Waals surface area contributed by atoms with Crippen molar-refractivity contribution in [3.05, 3.63) is 35.4 Å². The van der Waals surface area contributed by atoms with E-state index in [0.717, 1.165) is 12.1 Å². The molecule has 0 aromatic heterocycles. The van der Waals surface area contributed by atoms with E-state index in [9.17, 15) is 18.0 Å². The Morgan fingerprint density at radius 2 is 1.89 bits per heavy atom. The molecule has 2 N–H and O–H groups in total. The Morgan fingerprint density at radius 1 is 1.32 bits per heavy atom. The van der Waals surface area contributed by atoms with Crippen LogP contribution in [0.3, 0.4) is 0 Å². The average molecular weight is 271 g/mol. The van der Waals surface area contributed by atoms with E-state index in [1.54, 1.807) is 6.92 Å². The molecule has 2 amide bonds. The highest BCUT2D eigenvalue weighted by molar-refractivity contribution is 6.05. The second-order valence-corrected chi connectivity index (χ2v) is 4.15. The zero-order valence-electron chi connectivity index (χ0n) is 10.1. The van der Waals surface area contributed by atoms with Gasteiger partial charge in [-0.25, -0.2) is 4.79 Å². The highest BCUT2D eigenvalue weighted by Crippen LogP contribution is 2.31. The Kier molecular flexibility index (Phi) is 3.21. The van der Waals surface area contributed by atoms with Gasteiger partial charge in [0.15, 0.2) is 0 Å². The number of halogens is 3. The molecule has 102 valence electrons. The molecule has 0 saturated carbocycles. The van der Waals surface area contributed by atoms with Gasteiger partial charge >= 0.3 is 12.2 Å². The Labute approximate surface area is 107 Å². The number of hydrogen-bond donors (Lipinski definition) is 2. The second-order valence-electron chi connectivity index (χ2n) is 4.15. The highest BCUT2D eigenvalue weighted by atomic mass is 19.4. The first-order valence-electron chi connectivity index (χ1n) is 5.67. The Morgan fingerprint density at radius 3 is 2.37 bits per heavy atom. The topological polar surface area (TPSA) is 56.2 Å². The van der Waals surface area contributed by atoms with Gasteiger partial charge in [0.2, 0.25) is 0 Å². The lowest BCUT2D eigenvalue weighted by Gasteiger charge is -2.21. The molecule has 19 heavy (non-hydrogen) atoms. The van der Waals surface area contributed by atoms with Crippen LogP contribution in [-0.4, -0.2) is 23.3 Å². The summed E-state index contributed by atoms with van der Waals surface area (Å²) >= 11 is 0. The maximum atomic E-state index is 12.5. The highest BCUT2D eigenvalue weighted by Gasteiger charge is 2.36. The molecule has 1 aromatic carbocycles. The summed E-state index contributed by atoms with van der Waals surface area (Å²) in [4.78, 5) is 12.9. The predicted octanol–water partition coefficient (Wildman–Crippen LogP) is 2.77. The first-order chi connectivity index (χ1) is 8.84.